The summed E-state index contributed by atoms with van der Waals surface area (Å²) in [5, 5.41) is 32.3. The van der Waals surface area contributed by atoms with Crippen molar-refractivity contribution in [1.82, 2.24) is 5.32 Å². The Labute approximate surface area is 287 Å². The van der Waals surface area contributed by atoms with Gasteiger partial charge in [0.2, 0.25) is 6.10 Å². The molecule has 1 aliphatic rings. The Morgan fingerprint density at radius 1 is 0.860 bits per heavy atom. The molecular weight excluding hydrogens is 648 g/mol. The van der Waals surface area contributed by atoms with E-state index in [9.17, 15) is 34.7 Å². The highest BCUT2D eigenvalue weighted by Crippen LogP contribution is 2.44. The molecule has 0 spiro atoms. The zero-order chi connectivity index (χ0) is 36.0. The molecule has 0 aliphatic heterocycles. The summed E-state index contributed by atoms with van der Waals surface area (Å²) in [6.07, 6.45) is -4.05. The minimum Gasteiger partial charge on any atom is -0.595 e. The second-order valence-corrected chi connectivity index (χ2v) is 12.5. The van der Waals surface area contributed by atoms with Crippen LogP contribution in [0.4, 0.5) is 15.3 Å². The maximum absolute atomic E-state index is 13.0. The molecule has 1 aliphatic carbocycles. The molecule has 0 bridgehead atoms. The van der Waals surface area contributed by atoms with Crippen LogP contribution in [0.2, 0.25) is 0 Å². The van der Waals surface area contributed by atoms with E-state index in [0.717, 1.165) is 22.3 Å². The fraction of sp³-hybridized carbons (Fsp3) is 0.243. The summed E-state index contributed by atoms with van der Waals surface area (Å²) in [5.41, 5.74) is 3.31. The van der Waals surface area contributed by atoms with Crippen molar-refractivity contribution in [3.05, 3.63) is 125 Å². The van der Waals surface area contributed by atoms with E-state index in [1.807, 2.05) is 48.5 Å². The van der Waals surface area contributed by atoms with Crippen LogP contribution in [0.15, 0.2) is 97.1 Å². The fourth-order valence-corrected chi connectivity index (χ4v) is 5.64. The number of fused-ring (bicyclic) bond motifs is 3. The first-order valence-electron chi connectivity index (χ1n) is 15.7. The Morgan fingerprint density at radius 2 is 1.44 bits per heavy atom. The summed E-state index contributed by atoms with van der Waals surface area (Å²) in [7, 11) is 0. The van der Waals surface area contributed by atoms with E-state index in [-0.39, 0.29) is 35.9 Å². The van der Waals surface area contributed by atoms with Gasteiger partial charge in [-0.3, -0.25) is 0 Å². The molecule has 0 radical (unpaired) electrons. The van der Waals surface area contributed by atoms with Gasteiger partial charge in [-0.05, 0) is 66.8 Å². The highest BCUT2D eigenvalue weighted by atomic mass is 16.8. The zero-order valence-electron chi connectivity index (χ0n) is 27.5. The Kier molecular flexibility index (Phi) is 10.8. The molecule has 50 heavy (non-hydrogen) atoms. The number of alkyl carbamates (subject to hydrolysis) is 1. The molecule has 2 unspecified atom stereocenters. The highest BCUT2D eigenvalue weighted by Gasteiger charge is 2.35. The number of ether oxygens (including phenoxy) is 4. The van der Waals surface area contributed by atoms with Crippen molar-refractivity contribution >= 4 is 29.9 Å². The van der Waals surface area contributed by atoms with Gasteiger partial charge in [-0.2, -0.15) is 5.23 Å². The number of carbonyl (C=O) groups excluding carboxylic acids is 3. The van der Waals surface area contributed by atoms with Crippen molar-refractivity contribution in [2.75, 3.05) is 6.61 Å². The molecule has 0 saturated carbocycles. The Bertz CT molecular complexity index is 1820. The number of rotatable bonds is 11. The first kappa shape index (κ1) is 35.5. The monoisotopic (exact) mass is 684 g/mol. The summed E-state index contributed by atoms with van der Waals surface area (Å²) in [6, 6.07) is 25.6. The second kappa shape index (κ2) is 15.2. The fourth-order valence-electron chi connectivity index (χ4n) is 5.64. The molecule has 3 atom stereocenters. The number of nitrogens with one attached hydrogen (secondary N) is 2. The number of amides is 1. The number of aliphatic carboxylic acids is 1. The number of carboxylic acid groups (broad SMARTS) is 1. The molecule has 13 nitrogen and oxygen atoms in total. The van der Waals surface area contributed by atoms with Crippen LogP contribution in [0, 0.1) is 5.21 Å². The molecule has 1 amide bonds. The summed E-state index contributed by atoms with van der Waals surface area (Å²) in [5.74, 6) is -2.48. The number of carboxylic acids is 1. The third-order valence-electron chi connectivity index (χ3n) is 7.81. The van der Waals surface area contributed by atoms with Gasteiger partial charge in [-0.1, -0.05) is 72.8 Å². The number of esters is 1. The Hall–Kier alpha value is -5.76. The lowest BCUT2D eigenvalue weighted by molar-refractivity contribution is -0.991. The minimum atomic E-state index is -1.74. The lowest BCUT2D eigenvalue weighted by Crippen LogP contribution is -2.99. The zero-order valence-corrected chi connectivity index (χ0v) is 27.5. The van der Waals surface area contributed by atoms with Gasteiger partial charge in [-0.25, -0.2) is 24.4 Å². The summed E-state index contributed by atoms with van der Waals surface area (Å²) in [6.45, 7) is 4.83. The van der Waals surface area contributed by atoms with Crippen LogP contribution < -0.4 is 15.3 Å². The van der Waals surface area contributed by atoms with Crippen molar-refractivity contribution < 1.29 is 53.7 Å². The van der Waals surface area contributed by atoms with Gasteiger partial charge in [0.25, 0.3) is 0 Å². The molecule has 0 heterocycles. The normalized spacial score (nSPS) is 13.9. The largest absolute Gasteiger partial charge is 0.595 e. The van der Waals surface area contributed by atoms with E-state index < -0.39 is 47.2 Å². The number of hydrogen-bond acceptors (Lipinski definition) is 10. The lowest BCUT2D eigenvalue weighted by atomic mass is 9.98. The van der Waals surface area contributed by atoms with Crippen LogP contribution in [0.3, 0.4) is 0 Å². The molecule has 4 aromatic rings. The van der Waals surface area contributed by atoms with Gasteiger partial charge in [0, 0.05) is 18.4 Å². The third kappa shape index (κ3) is 8.63. The van der Waals surface area contributed by atoms with Crippen molar-refractivity contribution in [2.24, 2.45) is 0 Å². The van der Waals surface area contributed by atoms with Crippen LogP contribution >= 0.6 is 0 Å². The van der Waals surface area contributed by atoms with Crippen LogP contribution in [-0.4, -0.2) is 52.8 Å². The molecule has 0 aromatic heterocycles. The third-order valence-corrected chi connectivity index (χ3v) is 7.81. The minimum absolute atomic E-state index is 0.00965. The molecule has 4 N–H and O–H groups in total. The molecule has 0 saturated heterocycles. The smallest absolute Gasteiger partial charge is 0.515 e. The van der Waals surface area contributed by atoms with Gasteiger partial charge in [-0.15, -0.1) is 0 Å². The summed E-state index contributed by atoms with van der Waals surface area (Å²) < 4.78 is 21.4. The van der Waals surface area contributed by atoms with E-state index in [2.05, 4.69) is 5.32 Å². The Balaban J connectivity index is 1.19. The highest BCUT2D eigenvalue weighted by molar-refractivity contribution is 5.82. The molecule has 4 aromatic carbocycles. The average molecular weight is 685 g/mol. The predicted octanol–water partition coefficient (Wildman–Crippen LogP) is 5.22. The quantitative estimate of drug-likeness (QED) is 0.0702. The van der Waals surface area contributed by atoms with Crippen LogP contribution in [0.1, 0.15) is 55.0 Å². The summed E-state index contributed by atoms with van der Waals surface area (Å²) in [4.78, 5) is 50.5. The number of carbonyl (C=O) groups is 4. The average Bonchev–Trinajstić information content (AvgIpc) is 3.39. The molecule has 260 valence electrons. The first-order chi connectivity index (χ1) is 23.8. The lowest BCUT2D eigenvalue weighted by Gasteiger charge is -2.25. The van der Waals surface area contributed by atoms with Gasteiger partial charge in [0.05, 0.1) is 5.56 Å². The van der Waals surface area contributed by atoms with Gasteiger partial charge >= 0.3 is 24.2 Å². The molecule has 0 fully saturated rings. The first-order valence-corrected chi connectivity index (χ1v) is 15.7. The van der Waals surface area contributed by atoms with Gasteiger partial charge in [0.15, 0.2) is 5.69 Å². The van der Waals surface area contributed by atoms with Crippen molar-refractivity contribution in [3.8, 4) is 16.9 Å². The SMILES string of the molecule is CC(C)(C)OC(=O)C(OC(=O)Oc1ccc(C[C@H](NC(=O)OCC2c3ccccc3-c3ccccc32)C(=O)O)cc1)c1ccccc1[NH+]([O-])O. The van der Waals surface area contributed by atoms with Gasteiger partial charge in [0.1, 0.15) is 24.0 Å². The van der Waals surface area contributed by atoms with Gasteiger partial charge < -0.3 is 34.6 Å². The molecule has 13 heteroatoms. The van der Waals surface area contributed by atoms with Crippen molar-refractivity contribution in [1.29, 1.82) is 0 Å². The number of benzene rings is 4. The van der Waals surface area contributed by atoms with Crippen molar-refractivity contribution in [2.45, 2.75) is 50.9 Å². The van der Waals surface area contributed by atoms with Crippen LogP contribution in [0.25, 0.3) is 11.1 Å². The predicted molar refractivity (Wildman–Crippen MR) is 178 cm³/mol. The molecule has 5 rings (SSSR count). The van der Waals surface area contributed by atoms with Crippen molar-refractivity contribution in [3.63, 3.8) is 0 Å². The van der Waals surface area contributed by atoms with E-state index in [4.69, 9.17) is 18.9 Å². The Morgan fingerprint density at radius 3 is 2.02 bits per heavy atom. The second-order valence-electron chi connectivity index (χ2n) is 12.5. The number of quaternary nitrogens is 1. The van der Waals surface area contributed by atoms with E-state index in [1.165, 1.54) is 48.5 Å². The van der Waals surface area contributed by atoms with Crippen LogP contribution in [0.5, 0.6) is 5.75 Å². The molecular formula is C37H36N2O11. The number of para-hydroxylation sites is 1. The maximum Gasteiger partial charge on any atom is 0.515 e. The number of hydrogen-bond donors (Lipinski definition) is 4. The topological polar surface area (TPSA) is 185 Å². The van der Waals surface area contributed by atoms with Crippen LogP contribution in [-0.2, 0) is 30.2 Å². The van der Waals surface area contributed by atoms with E-state index in [1.54, 1.807) is 20.8 Å². The maximum atomic E-state index is 13.0. The summed E-state index contributed by atoms with van der Waals surface area (Å²) >= 11 is 0. The standard InChI is InChI=1S/C37H36N2O11/c1-37(2,3)50-34(42)32(28-14-8-9-15-31(28)39(45)46)49-36(44)48-23-18-16-22(17-19-23)20-30(33(40)41)38-35(43)47-21-29-26-12-6-4-10-24(26)25-11-5-7-13-27(25)29/h4-19,29-30,32,39,45H,20-21H2,1-3H3,(H,38,43)(H,40,41)/t30-,32?/m0/s1. The van der Waals surface area contributed by atoms with E-state index >= 15 is 0 Å². The van der Waals surface area contributed by atoms with E-state index in [0.29, 0.717) is 5.56 Å².